The van der Waals surface area contributed by atoms with E-state index in [4.69, 9.17) is 0 Å². The summed E-state index contributed by atoms with van der Waals surface area (Å²) in [6.45, 7) is 6.03. The molecule has 0 unspecified atom stereocenters. The second kappa shape index (κ2) is 7.41. The minimum absolute atomic E-state index is 0.0417. The van der Waals surface area contributed by atoms with Crippen LogP contribution in [0.3, 0.4) is 0 Å². The number of hydrogen-bond donors (Lipinski definition) is 2. The first-order chi connectivity index (χ1) is 10.1. The highest BCUT2D eigenvalue weighted by Gasteiger charge is 2.20. The zero-order valence-corrected chi connectivity index (χ0v) is 13.3. The number of nitrogens with zero attached hydrogens (tertiary/aromatic N) is 2. The fraction of sp³-hybridized carbons (Fsp3) is 0.625. The molecular formula is C16H26N4O. The molecule has 0 radical (unpaired) electrons. The molecule has 1 aliphatic carbocycles. The molecule has 1 aromatic heterocycles. The zero-order valence-electron chi connectivity index (χ0n) is 13.3. The van der Waals surface area contributed by atoms with Crippen LogP contribution in [0.25, 0.3) is 0 Å². The number of rotatable bonds is 8. The number of anilines is 1. The van der Waals surface area contributed by atoms with Crippen molar-refractivity contribution in [3.63, 3.8) is 0 Å². The maximum absolute atomic E-state index is 11.8. The van der Waals surface area contributed by atoms with Gasteiger partial charge in [-0.25, -0.2) is 4.98 Å². The lowest BCUT2D eigenvalue weighted by molar-refractivity contribution is -0.119. The molecule has 116 valence electrons. The van der Waals surface area contributed by atoms with E-state index in [9.17, 15) is 4.79 Å². The summed E-state index contributed by atoms with van der Waals surface area (Å²) in [4.78, 5) is 18.2. The van der Waals surface area contributed by atoms with Crippen LogP contribution in [-0.2, 0) is 11.3 Å². The number of amides is 1. The first-order valence-electron chi connectivity index (χ1n) is 7.77. The third-order valence-corrected chi connectivity index (χ3v) is 3.59. The van der Waals surface area contributed by atoms with E-state index in [-0.39, 0.29) is 5.91 Å². The highest BCUT2D eigenvalue weighted by atomic mass is 16.2. The van der Waals surface area contributed by atoms with Crippen molar-refractivity contribution in [3.05, 3.63) is 23.4 Å². The molecule has 0 atom stereocenters. The molecule has 1 saturated carbocycles. The molecule has 0 aliphatic heterocycles. The molecule has 0 bridgehead atoms. The largest absolute Gasteiger partial charge is 0.355 e. The number of likely N-dealkylation sites (N-methyl/N-ethyl adjacent to an activating group) is 1. The predicted molar refractivity (Wildman–Crippen MR) is 85.4 cm³/mol. The van der Waals surface area contributed by atoms with Gasteiger partial charge < -0.3 is 15.5 Å². The van der Waals surface area contributed by atoms with Crippen LogP contribution in [0.5, 0.6) is 0 Å². The van der Waals surface area contributed by atoms with Gasteiger partial charge in [0.1, 0.15) is 5.82 Å². The molecule has 0 aromatic carbocycles. The Bertz CT molecular complexity index is 485. The minimum atomic E-state index is 0.0417. The molecule has 0 saturated heterocycles. The number of pyridine rings is 1. The first-order valence-corrected chi connectivity index (χ1v) is 7.77. The Labute approximate surface area is 127 Å². The molecule has 2 rings (SSSR count). The van der Waals surface area contributed by atoms with Crippen molar-refractivity contribution in [1.82, 2.24) is 15.6 Å². The van der Waals surface area contributed by atoms with E-state index in [1.807, 2.05) is 32.0 Å². The van der Waals surface area contributed by atoms with Crippen LogP contribution >= 0.6 is 0 Å². The second-order valence-electron chi connectivity index (χ2n) is 5.85. The van der Waals surface area contributed by atoms with Gasteiger partial charge in [-0.2, -0.15) is 0 Å². The summed E-state index contributed by atoms with van der Waals surface area (Å²) in [5, 5.41) is 6.37. The van der Waals surface area contributed by atoms with E-state index in [2.05, 4.69) is 21.7 Å². The summed E-state index contributed by atoms with van der Waals surface area (Å²) in [6.07, 6.45) is 5.44. The van der Waals surface area contributed by atoms with Gasteiger partial charge in [0.15, 0.2) is 0 Å². The summed E-state index contributed by atoms with van der Waals surface area (Å²) in [6, 6.07) is 2.85. The van der Waals surface area contributed by atoms with E-state index in [0.29, 0.717) is 12.6 Å². The molecule has 5 heteroatoms. The third kappa shape index (κ3) is 5.01. The van der Waals surface area contributed by atoms with Gasteiger partial charge >= 0.3 is 0 Å². The van der Waals surface area contributed by atoms with Crippen LogP contribution in [0.2, 0.25) is 0 Å². The van der Waals surface area contributed by atoms with Crippen LogP contribution in [0.4, 0.5) is 5.82 Å². The van der Waals surface area contributed by atoms with E-state index in [1.54, 1.807) is 0 Å². The minimum Gasteiger partial charge on any atom is -0.355 e. The molecule has 1 amide bonds. The summed E-state index contributed by atoms with van der Waals surface area (Å²) in [5.74, 6) is 0.914. The van der Waals surface area contributed by atoms with Crippen LogP contribution in [-0.4, -0.2) is 37.1 Å². The van der Waals surface area contributed by atoms with Crippen molar-refractivity contribution in [2.24, 2.45) is 0 Å². The van der Waals surface area contributed by atoms with E-state index >= 15 is 0 Å². The number of carbonyl (C=O) groups excluding carboxylic acids is 1. The Morgan fingerprint density at radius 1 is 1.48 bits per heavy atom. The summed E-state index contributed by atoms with van der Waals surface area (Å²) in [5.41, 5.74) is 2.31. The number of aromatic nitrogens is 1. The van der Waals surface area contributed by atoms with E-state index in [1.165, 1.54) is 18.4 Å². The summed E-state index contributed by atoms with van der Waals surface area (Å²) in [7, 11) is 1.91. The molecule has 21 heavy (non-hydrogen) atoms. The van der Waals surface area contributed by atoms with Gasteiger partial charge in [-0.05, 0) is 43.4 Å². The molecule has 0 spiro atoms. The van der Waals surface area contributed by atoms with Crippen molar-refractivity contribution in [2.45, 2.75) is 45.7 Å². The Balaban J connectivity index is 1.90. The summed E-state index contributed by atoms with van der Waals surface area (Å²) < 4.78 is 0. The highest BCUT2D eigenvalue weighted by Crippen LogP contribution is 2.20. The van der Waals surface area contributed by atoms with Crippen molar-refractivity contribution < 1.29 is 4.79 Å². The van der Waals surface area contributed by atoms with E-state index in [0.717, 1.165) is 30.9 Å². The van der Waals surface area contributed by atoms with Gasteiger partial charge in [0, 0.05) is 32.4 Å². The number of carbonyl (C=O) groups is 1. The smallest absolute Gasteiger partial charge is 0.239 e. The van der Waals surface area contributed by atoms with Gasteiger partial charge in [0.25, 0.3) is 0 Å². The normalized spacial score (nSPS) is 14.0. The van der Waals surface area contributed by atoms with E-state index < -0.39 is 0 Å². The lowest BCUT2D eigenvalue weighted by Gasteiger charge is -2.20. The van der Waals surface area contributed by atoms with Crippen molar-refractivity contribution in [3.8, 4) is 0 Å². The van der Waals surface area contributed by atoms with Gasteiger partial charge in [0.2, 0.25) is 5.91 Å². The standard InChI is InChI=1S/C16H26N4O/c1-4-7-17-15(21)11-20(3)16-12(2)8-13(10-19-16)9-18-14-5-6-14/h8,10,14,18H,4-7,9,11H2,1-3H3,(H,17,21). The maximum atomic E-state index is 11.8. The summed E-state index contributed by atoms with van der Waals surface area (Å²) >= 11 is 0. The molecule has 5 nitrogen and oxygen atoms in total. The second-order valence-corrected chi connectivity index (χ2v) is 5.85. The van der Waals surface area contributed by atoms with Crippen molar-refractivity contribution >= 4 is 11.7 Å². The molecule has 1 fully saturated rings. The average Bonchev–Trinajstić information content (AvgIpc) is 3.27. The Morgan fingerprint density at radius 3 is 2.86 bits per heavy atom. The van der Waals surface area contributed by atoms with Crippen LogP contribution < -0.4 is 15.5 Å². The van der Waals surface area contributed by atoms with Crippen LogP contribution in [0.15, 0.2) is 12.3 Å². The van der Waals surface area contributed by atoms with Crippen LogP contribution in [0.1, 0.15) is 37.3 Å². The van der Waals surface area contributed by atoms with Gasteiger partial charge in [-0.3, -0.25) is 4.79 Å². The number of aryl methyl sites for hydroxylation is 1. The fourth-order valence-corrected chi connectivity index (χ4v) is 2.28. The lowest BCUT2D eigenvalue weighted by atomic mass is 10.2. The number of nitrogens with one attached hydrogen (secondary N) is 2. The monoisotopic (exact) mass is 290 g/mol. The highest BCUT2D eigenvalue weighted by molar-refractivity contribution is 5.81. The lowest BCUT2D eigenvalue weighted by Crippen LogP contribution is -2.36. The molecule has 1 heterocycles. The fourth-order valence-electron chi connectivity index (χ4n) is 2.28. The molecule has 1 aromatic rings. The quantitative estimate of drug-likeness (QED) is 0.763. The van der Waals surface area contributed by atoms with Crippen molar-refractivity contribution in [1.29, 1.82) is 0 Å². The topological polar surface area (TPSA) is 57.3 Å². The number of hydrogen-bond acceptors (Lipinski definition) is 4. The first kappa shape index (κ1) is 15.8. The van der Waals surface area contributed by atoms with Crippen molar-refractivity contribution in [2.75, 3.05) is 25.0 Å². The van der Waals surface area contributed by atoms with Crippen LogP contribution in [0, 0.1) is 6.92 Å². The third-order valence-electron chi connectivity index (χ3n) is 3.59. The average molecular weight is 290 g/mol. The van der Waals surface area contributed by atoms with Gasteiger partial charge in [0.05, 0.1) is 6.54 Å². The molecule has 1 aliphatic rings. The predicted octanol–water partition coefficient (Wildman–Crippen LogP) is 1.60. The molecular weight excluding hydrogens is 264 g/mol. The Kier molecular flexibility index (Phi) is 5.56. The zero-order chi connectivity index (χ0) is 15.2. The van der Waals surface area contributed by atoms with Gasteiger partial charge in [-0.1, -0.05) is 6.92 Å². The SMILES string of the molecule is CCCNC(=O)CN(C)c1ncc(CNC2CC2)cc1C. The Morgan fingerprint density at radius 2 is 2.24 bits per heavy atom. The van der Waals surface area contributed by atoms with Gasteiger partial charge in [-0.15, -0.1) is 0 Å². The maximum Gasteiger partial charge on any atom is 0.239 e. The Hall–Kier alpha value is -1.62. The molecule has 2 N–H and O–H groups in total.